The fraction of sp³-hybridized carbons (Fsp3) is 0.615. The molecule has 2 aromatic rings. The van der Waals surface area contributed by atoms with Gasteiger partial charge in [0, 0.05) is 25.2 Å². The Morgan fingerprint density at radius 3 is 3.20 bits per heavy atom. The van der Waals surface area contributed by atoms with Gasteiger partial charge in [-0.15, -0.1) is 0 Å². The summed E-state index contributed by atoms with van der Waals surface area (Å²) in [5.74, 6) is 0.724. The second kappa shape index (κ2) is 5.59. The monoisotopic (exact) mass is 293 g/mol. The molecule has 3 heterocycles. The van der Waals surface area contributed by atoms with Crippen LogP contribution in [0.15, 0.2) is 16.4 Å². The number of hydrogen-bond donors (Lipinski definition) is 1. The van der Waals surface area contributed by atoms with E-state index in [0.29, 0.717) is 24.1 Å². The standard InChI is InChI=1S/C13H19N5OS/c1-9-2-3-17(11(4-9)6-14)7-10-5-12(19)18-13(16-10)20-8-15-18/h5,8-9,11H,2-4,6-7,14H2,1H3. The summed E-state index contributed by atoms with van der Waals surface area (Å²) in [6.07, 6.45) is 2.30. The molecule has 0 aliphatic carbocycles. The Morgan fingerprint density at radius 1 is 1.55 bits per heavy atom. The first-order chi connectivity index (χ1) is 9.67. The van der Waals surface area contributed by atoms with Crippen LogP contribution in [0.3, 0.4) is 0 Å². The van der Waals surface area contributed by atoms with Gasteiger partial charge >= 0.3 is 0 Å². The van der Waals surface area contributed by atoms with Crippen molar-refractivity contribution in [2.45, 2.75) is 32.4 Å². The van der Waals surface area contributed by atoms with Gasteiger partial charge in [-0.25, -0.2) is 4.98 Å². The molecule has 20 heavy (non-hydrogen) atoms. The molecule has 0 saturated carbocycles. The number of rotatable bonds is 3. The molecule has 0 amide bonds. The number of fused-ring (bicyclic) bond motifs is 1. The van der Waals surface area contributed by atoms with Crippen molar-refractivity contribution >= 4 is 16.3 Å². The molecule has 3 rings (SSSR count). The molecule has 1 aliphatic rings. The third-order valence-corrected chi connectivity index (χ3v) is 4.65. The molecule has 2 atom stereocenters. The van der Waals surface area contributed by atoms with Crippen molar-refractivity contribution in [1.82, 2.24) is 19.5 Å². The maximum atomic E-state index is 11.9. The van der Waals surface area contributed by atoms with E-state index in [1.165, 1.54) is 22.3 Å². The Labute approximate surface area is 121 Å². The van der Waals surface area contributed by atoms with E-state index >= 15 is 0 Å². The van der Waals surface area contributed by atoms with Crippen LogP contribution in [0.25, 0.3) is 4.96 Å². The lowest BCUT2D eigenvalue weighted by Crippen LogP contribution is -2.45. The molecular weight excluding hydrogens is 274 g/mol. The van der Waals surface area contributed by atoms with E-state index in [9.17, 15) is 4.79 Å². The van der Waals surface area contributed by atoms with E-state index in [0.717, 1.165) is 24.6 Å². The number of aromatic nitrogens is 3. The van der Waals surface area contributed by atoms with Crippen LogP contribution in [0.4, 0.5) is 0 Å². The summed E-state index contributed by atoms with van der Waals surface area (Å²) in [7, 11) is 0. The maximum Gasteiger partial charge on any atom is 0.275 e. The molecule has 0 bridgehead atoms. The Hall–Kier alpha value is -1.31. The van der Waals surface area contributed by atoms with Crippen molar-refractivity contribution in [3.8, 4) is 0 Å². The van der Waals surface area contributed by atoms with Gasteiger partial charge in [-0.1, -0.05) is 18.3 Å². The summed E-state index contributed by atoms with van der Waals surface area (Å²) in [4.78, 5) is 19.4. The lowest BCUT2D eigenvalue weighted by Gasteiger charge is -2.37. The number of nitrogens with zero attached hydrogens (tertiary/aromatic N) is 4. The van der Waals surface area contributed by atoms with Gasteiger partial charge < -0.3 is 5.73 Å². The highest BCUT2D eigenvalue weighted by Crippen LogP contribution is 2.23. The zero-order valence-electron chi connectivity index (χ0n) is 11.5. The largest absolute Gasteiger partial charge is 0.329 e. The van der Waals surface area contributed by atoms with Crippen LogP contribution in [-0.4, -0.2) is 38.6 Å². The van der Waals surface area contributed by atoms with Gasteiger partial charge in [0.05, 0.1) is 5.69 Å². The summed E-state index contributed by atoms with van der Waals surface area (Å²) in [5, 5.41) is 3.97. The molecule has 108 valence electrons. The van der Waals surface area contributed by atoms with E-state index in [-0.39, 0.29) is 5.56 Å². The number of nitrogens with two attached hydrogens (primary N) is 1. The average Bonchev–Trinajstić information content (AvgIpc) is 2.89. The highest BCUT2D eigenvalue weighted by atomic mass is 32.1. The number of likely N-dealkylation sites (tertiary alicyclic amines) is 1. The van der Waals surface area contributed by atoms with Crippen LogP contribution in [0.5, 0.6) is 0 Å². The minimum atomic E-state index is -0.110. The van der Waals surface area contributed by atoms with Gasteiger partial charge in [0.15, 0.2) is 0 Å². The van der Waals surface area contributed by atoms with Gasteiger partial charge in [-0.05, 0) is 25.3 Å². The fourth-order valence-electron chi connectivity index (χ4n) is 2.84. The van der Waals surface area contributed by atoms with Crippen LogP contribution in [0, 0.1) is 5.92 Å². The molecule has 7 heteroatoms. The zero-order chi connectivity index (χ0) is 14.1. The van der Waals surface area contributed by atoms with Gasteiger partial charge in [-0.3, -0.25) is 9.69 Å². The molecule has 2 N–H and O–H groups in total. The maximum absolute atomic E-state index is 11.9. The second-order valence-corrected chi connectivity index (χ2v) is 6.32. The molecule has 1 aliphatic heterocycles. The van der Waals surface area contributed by atoms with Crippen molar-refractivity contribution in [2.24, 2.45) is 11.7 Å². The molecule has 2 aromatic heterocycles. The third-order valence-electron chi connectivity index (χ3n) is 3.98. The van der Waals surface area contributed by atoms with Crippen LogP contribution in [-0.2, 0) is 6.54 Å². The smallest absolute Gasteiger partial charge is 0.275 e. The first-order valence-corrected chi connectivity index (χ1v) is 7.82. The molecule has 1 fully saturated rings. The van der Waals surface area contributed by atoms with Crippen molar-refractivity contribution in [3.05, 3.63) is 27.6 Å². The van der Waals surface area contributed by atoms with Crippen molar-refractivity contribution in [1.29, 1.82) is 0 Å². The van der Waals surface area contributed by atoms with Crippen molar-refractivity contribution < 1.29 is 0 Å². The summed E-state index contributed by atoms with van der Waals surface area (Å²) >= 11 is 1.38. The fourth-order valence-corrected chi connectivity index (χ4v) is 3.49. The third kappa shape index (κ3) is 2.61. The second-order valence-electron chi connectivity index (χ2n) is 5.51. The highest BCUT2D eigenvalue weighted by molar-refractivity contribution is 7.14. The first kappa shape index (κ1) is 13.7. The molecule has 0 aromatic carbocycles. The summed E-state index contributed by atoms with van der Waals surface area (Å²) in [6.45, 7) is 4.64. The quantitative estimate of drug-likeness (QED) is 0.902. The molecule has 2 unspecified atom stereocenters. The van der Waals surface area contributed by atoms with Gasteiger partial charge in [0.1, 0.15) is 5.51 Å². The summed E-state index contributed by atoms with van der Waals surface area (Å²) < 4.78 is 1.34. The first-order valence-electron chi connectivity index (χ1n) is 6.94. The van der Waals surface area contributed by atoms with Crippen LogP contribution in [0.1, 0.15) is 25.5 Å². The van der Waals surface area contributed by atoms with Gasteiger partial charge in [0.25, 0.3) is 5.56 Å². The Bertz CT molecular complexity index is 651. The van der Waals surface area contributed by atoms with E-state index < -0.39 is 0 Å². The highest BCUT2D eigenvalue weighted by Gasteiger charge is 2.25. The topological polar surface area (TPSA) is 76.5 Å². The number of hydrogen-bond acceptors (Lipinski definition) is 6. The molecule has 6 nitrogen and oxygen atoms in total. The lowest BCUT2D eigenvalue weighted by molar-refractivity contribution is 0.114. The minimum absolute atomic E-state index is 0.110. The van der Waals surface area contributed by atoms with Crippen LogP contribution >= 0.6 is 11.3 Å². The molecule has 0 spiro atoms. The molecule has 1 saturated heterocycles. The predicted octanol–water partition coefficient (Wildman–Crippen LogP) is 0.710. The molecular formula is C13H19N5OS. The van der Waals surface area contributed by atoms with Gasteiger partial charge in [0.2, 0.25) is 4.96 Å². The number of piperidine rings is 1. The van der Waals surface area contributed by atoms with Crippen LogP contribution < -0.4 is 11.3 Å². The van der Waals surface area contributed by atoms with E-state index in [1.54, 1.807) is 11.6 Å². The van der Waals surface area contributed by atoms with E-state index in [4.69, 9.17) is 5.73 Å². The Kier molecular flexibility index (Phi) is 3.82. The van der Waals surface area contributed by atoms with E-state index in [1.807, 2.05) is 0 Å². The van der Waals surface area contributed by atoms with Crippen molar-refractivity contribution in [3.63, 3.8) is 0 Å². The lowest BCUT2D eigenvalue weighted by atomic mass is 9.92. The predicted molar refractivity (Wildman–Crippen MR) is 78.8 cm³/mol. The van der Waals surface area contributed by atoms with Gasteiger partial charge in [-0.2, -0.15) is 9.61 Å². The summed E-state index contributed by atoms with van der Waals surface area (Å²) in [5.41, 5.74) is 8.22. The minimum Gasteiger partial charge on any atom is -0.329 e. The molecule has 0 radical (unpaired) electrons. The summed E-state index contributed by atoms with van der Waals surface area (Å²) in [6, 6.07) is 1.97. The Balaban J connectivity index is 1.83. The van der Waals surface area contributed by atoms with Crippen LogP contribution in [0.2, 0.25) is 0 Å². The Morgan fingerprint density at radius 2 is 2.40 bits per heavy atom. The van der Waals surface area contributed by atoms with Crippen molar-refractivity contribution in [2.75, 3.05) is 13.1 Å². The average molecular weight is 293 g/mol. The van der Waals surface area contributed by atoms with E-state index in [2.05, 4.69) is 21.9 Å². The normalized spacial score (nSPS) is 24.3. The SMILES string of the molecule is CC1CCN(Cc2cc(=O)n3ncsc3n2)C(CN)C1. The zero-order valence-corrected chi connectivity index (χ0v) is 12.3.